The maximum atomic E-state index is 12.4. The Balaban J connectivity index is 1.31. The number of ketones is 1. The quantitative estimate of drug-likeness (QED) is 0.226. The number of furan rings is 1. The van der Waals surface area contributed by atoms with Crippen LogP contribution in [-0.2, 0) is 4.74 Å². The summed E-state index contributed by atoms with van der Waals surface area (Å²) in [7, 11) is 0. The highest BCUT2D eigenvalue weighted by Crippen LogP contribution is 2.18. The van der Waals surface area contributed by atoms with E-state index in [-0.39, 0.29) is 5.78 Å². The maximum absolute atomic E-state index is 12.4. The van der Waals surface area contributed by atoms with Gasteiger partial charge in [-0.05, 0) is 29.8 Å². The molecule has 10 heteroatoms. The van der Waals surface area contributed by atoms with Crippen molar-refractivity contribution in [1.29, 1.82) is 0 Å². The molecule has 0 spiro atoms. The average molecular weight is 470 g/mol. The Morgan fingerprint density at radius 2 is 1.69 bits per heavy atom. The zero-order valence-electron chi connectivity index (χ0n) is 18.8. The van der Waals surface area contributed by atoms with Crippen LogP contribution in [0.5, 0.6) is 0 Å². The fourth-order valence-corrected chi connectivity index (χ4v) is 3.46. The molecule has 0 aliphatic carbocycles. The van der Waals surface area contributed by atoms with Crippen molar-refractivity contribution >= 4 is 35.5 Å². The number of morpholine rings is 1. The highest BCUT2D eigenvalue weighted by atomic mass is 16.5. The topological polar surface area (TPSA) is 118 Å². The maximum Gasteiger partial charge on any atom is 0.250 e. The van der Waals surface area contributed by atoms with E-state index in [0.717, 1.165) is 11.3 Å². The summed E-state index contributed by atoms with van der Waals surface area (Å²) in [5.74, 6) is 1.39. The molecule has 0 bridgehead atoms. The fourth-order valence-electron chi connectivity index (χ4n) is 3.46. The average Bonchev–Trinajstić information content (AvgIpc) is 3.45. The van der Waals surface area contributed by atoms with Crippen LogP contribution in [0.1, 0.15) is 21.7 Å². The Morgan fingerprint density at radius 3 is 2.43 bits per heavy atom. The van der Waals surface area contributed by atoms with E-state index in [2.05, 4.69) is 30.8 Å². The van der Waals surface area contributed by atoms with Gasteiger partial charge in [-0.1, -0.05) is 42.5 Å². The van der Waals surface area contributed by atoms with E-state index in [1.165, 1.54) is 6.26 Å². The molecule has 0 saturated carbocycles. The zero-order chi connectivity index (χ0) is 23.9. The van der Waals surface area contributed by atoms with Gasteiger partial charge in [-0.2, -0.15) is 20.1 Å². The van der Waals surface area contributed by atoms with Crippen LogP contribution in [0, 0.1) is 0 Å². The Morgan fingerprint density at radius 1 is 0.914 bits per heavy atom. The molecule has 35 heavy (non-hydrogen) atoms. The van der Waals surface area contributed by atoms with Gasteiger partial charge in [0.15, 0.2) is 5.76 Å². The van der Waals surface area contributed by atoms with Gasteiger partial charge in [-0.15, -0.1) is 0 Å². The molecule has 2 N–H and O–H groups in total. The minimum Gasteiger partial charge on any atom is -0.461 e. The van der Waals surface area contributed by atoms with Crippen LogP contribution in [0.4, 0.5) is 23.5 Å². The highest BCUT2D eigenvalue weighted by Gasteiger charge is 2.17. The summed E-state index contributed by atoms with van der Waals surface area (Å²) in [6.07, 6.45) is 3.11. The number of nitrogens with zero attached hydrogens (tertiary/aromatic N) is 5. The number of hydrogen-bond donors (Lipinski definition) is 2. The van der Waals surface area contributed by atoms with Crippen LogP contribution in [0.3, 0.4) is 0 Å². The van der Waals surface area contributed by atoms with E-state index < -0.39 is 0 Å². The van der Waals surface area contributed by atoms with Gasteiger partial charge in [0.05, 0.1) is 25.7 Å². The van der Waals surface area contributed by atoms with Crippen molar-refractivity contribution in [2.24, 2.45) is 5.10 Å². The number of anilines is 4. The third-order valence-corrected chi connectivity index (χ3v) is 5.24. The first kappa shape index (κ1) is 22.2. The van der Waals surface area contributed by atoms with E-state index >= 15 is 0 Å². The second-order valence-corrected chi connectivity index (χ2v) is 7.67. The largest absolute Gasteiger partial charge is 0.461 e. The summed E-state index contributed by atoms with van der Waals surface area (Å²) in [4.78, 5) is 28.0. The van der Waals surface area contributed by atoms with Gasteiger partial charge in [-0.25, -0.2) is 5.43 Å². The number of carbonyl (C=O) groups excluding carboxylic acids is 1. The fraction of sp³-hybridized carbons (Fsp3) is 0.160. The molecule has 4 aromatic rings. The van der Waals surface area contributed by atoms with Gasteiger partial charge >= 0.3 is 0 Å². The SMILES string of the molecule is O=C(c1ccc(/C=N/Nc2nc(Nc3ccccc3)nc(N3CCOCC3)n2)cc1)c1ccco1. The van der Waals surface area contributed by atoms with Crippen molar-refractivity contribution < 1.29 is 13.9 Å². The number of hydrogen-bond acceptors (Lipinski definition) is 10. The van der Waals surface area contributed by atoms with E-state index in [1.807, 2.05) is 35.2 Å². The normalized spacial score (nSPS) is 13.7. The first-order valence-corrected chi connectivity index (χ1v) is 11.1. The number of hydrazone groups is 1. The van der Waals surface area contributed by atoms with E-state index in [9.17, 15) is 4.79 Å². The molecule has 1 fully saturated rings. The first-order chi connectivity index (χ1) is 17.2. The van der Waals surface area contributed by atoms with Gasteiger partial charge in [0, 0.05) is 24.3 Å². The number of rotatable bonds is 8. The molecule has 2 aromatic carbocycles. The van der Waals surface area contributed by atoms with Crippen LogP contribution >= 0.6 is 0 Å². The van der Waals surface area contributed by atoms with Crippen molar-refractivity contribution in [3.63, 3.8) is 0 Å². The summed E-state index contributed by atoms with van der Waals surface area (Å²) in [5, 5.41) is 7.48. The minimum atomic E-state index is -0.170. The summed E-state index contributed by atoms with van der Waals surface area (Å²) in [5.41, 5.74) is 5.09. The third kappa shape index (κ3) is 5.68. The lowest BCUT2D eigenvalue weighted by Crippen LogP contribution is -2.37. The molecule has 2 aromatic heterocycles. The Labute approximate surface area is 201 Å². The van der Waals surface area contributed by atoms with Crippen LogP contribution in [0.15, 0.2) is 82.5 Å². The monoisotopic (exact) mass is 469 g/mol. The Bertz CT molecular complexity index is 1290. The number of ether oxygens (including phenoxy) is 1. The molecule has 1 aliphatic heterocycles. The molecular weight excluding hydrogens is 446 g/mol. The second-order valence-electron chi connectivity index (χ2n) is 7.67. The van der Waals surface area contributed by atoms with Crippen molar-refractivity contribution in [3.05, 3.63) is 89.9 Å². The molecule has 1 saturated heterocycles. The smallest absolute Gasteiger partial charge is 0.250 e. The van der Waals surface area contributed by atoms with E-state index in [0.29, 0.717) is 55.5 Å². The Kier molecular flexibility index (Phi) is 6.72. The molecule has 3 heterocycles. The highest BCUT2D eigenvalue weighted by molar-refractivity contribution is 6.07. The lowest BCUT2D eigenvalue weighted by Gasteiger charge is -2.27. The van der Waals surface area contributed by atoms with Crippen molar-refractivity contribution in [2.75, 3.05) is 41.9 Å². The summed E-state index contributed by atoms with van der Waals surface area (Å²) < 4.78 is 10.6. The van der Waals surface area contributed by atoms with Gasteiger partial charge in [0.25, 0.3) is 0 Å². The lowest BCUT2D eigenvalue weighted by molar-refractivity contribution is 0.101. The molecule has 0 radical (unpaired) electrons. The van der Waals surface area contributed by atoms with Crippen LogP contribution in [0.2, 0.25) is 0 Å². The van der Waals surface area contributed by atoms with Crippen molar-refractivity contribution in [2.45, 2.75) is 0 Å². The van der Waals surface area contributed by atoms with Crippen LogP contribution in [-0.4, -0.2) is 53.3 Å². The summed E-state index contributed by atoms with van der Waals surface area (Å²) in [6, 6.07) is 20.1. The predicted octanol–water partition coefficient (Wildman–Crippen LogP) is 3.72. The Hall–Kier alpha value is -4.57. The van der Waals surface area contributed by atoms with Gasteiger partial charge in [0.2, 0.25) is 23.6 Å². The second kappa shape index (κ2) is 10.6. The molecule has 0 unspecified atom stereocenters. The number of aromatic nitrogens is 3. The summed E-state index contributed by atoms with van der Waals surface area (Å²) >= 11 is 0. The van der Waals surface area contributed by atoms with Crippen LogP contribution in [0.25, 0.3) is 0 Å². The molecule has 0 atom stereocenters. The number of nitrogens with one attached hydrogen (secondary N) is 2. The molecule has 0 amide bonds. The molecule has 1 aliphatic rings. The predicted molar refractivity (Wildman–Crippen MR) is 132 cm³/mol. The molecular formula is C25H23N7O3. The van der Waals surface area contributed by atoms with Gasteiger partial charge in [-0.3, -0.25) is 4.79 Å². The van der Waals surface area contributed by atoms with E-state index in [1.54, 1.807) is 42.6 Å². The lowest BCUT2D eigenvalue weighted by atomic mass is 10.1. The van der Waals surface area contributed by atoms with Crippen LogP contribution < -0.4 is 15.6 Å². The van der Waals surface area contributed by atoms with Gasteiger partial charge < -0.3 is 19.4 Å². The van der Waals surface area contributed by atoms with E-state index in [4.69, 9.17) is 9.15 Å². The van der Waals surface area contributed by atoms with Crippen molar-refractivity contribution in [3.8, 4) is 0 Å². The molecule has 5 rings (SSSR count). The van der Waals surface area contributed by atoms with Crippen molar-refractivity contribution in [1.82, 2.24) is 15.0 Å². The molecule has 10 nitrogen and oxygen atoms in total. The first-order valence-electron chi connectivity index (χ1n) is 11.1. The standard InChI is InChI=1S/C25H23N7O3/c33-22(21-7-4-14-35-21)19-10-8-18(9-11-19)17-26-31-24-28-23(27-20-5-2-1-3-6-20)29-25(30-24)32-12-15-34-16-13-32/h1-11,14,17H,12-13,15-16H2,(H2,27,28,29,30,31)/b26-17+. The minimum absolute atomic E-state index is 0.170. The summed E-state index contributed by atoms with van der Waals surface area (Å²) in [6.45, 7) is 2.63. The van der Waals surface area contributed by atoms with Gasteiger partial charge in [0.1, 0.15) is 0 Å². The molecule has 176 valence electrons. The number of benzene rings is 2. The zero-order valence-corrected chi connectivity index (χ0v) is 18.8. The third-order valence-electron chi connectivity index (χ3n) is 5.24. The number of carbonyl (C=O) groups is 1. The number of para-hydroxylation sites is 1.